The summed E-state index contributed by atoms with van der Waals surface area (Å²) in [5.41, 5.74) is 1.29. The van der Waals surface area contributed by atoms with Crippen LogP contribution in [0.5, 0.6) is 17.2 Å². The third kappa shape index (κ3) is 4.42. The second-order valence-corrected chi connectivity index (χ2v) is 8.61. The van der Waals surface area contributed by atoms with Gasteiger partial charge >= 0.3 is 0 Å². The number of hydrogen-bond donors (Lipinski definition) is 2. The predicted octanol–water partition coefficient (Wildman–Crippen LogP) is 6.46. The summed E-state index contributed by atoms with van der Waals surface area (Å²) in [6, 6.07) is 27.6. The molecule has 1 aliphatic heterocycles. The van der Waals surface area contributed by atoms with Gasteiger partial charge in [-0.05, 0) is 78.4 Å². The van der Waals surface area contributed by atoms with Crippen molar-refractivity contribution < 1.29 is 24.5 Å². The van der Waals surface area contributed by atoms with Crippen molar-refractivity contribution in [1.82, 2.24) is 0 Å². The van der Waals surface area contributed by atoms with E-state index >= 15 is 0 Å². The summed E-state index contributed by atoms with van der Waals surface area (Å²) in [6.07, 6.45) is 0. The molecule has 0 aromatic heterocycles. The van der Waals surface area contributed by atoms with Crippen LogP contribution in [-0.4, -0.2) is 21.9 Å². The summed E-state index contributed by atoms with van der Waals surface area (Å²) >= 11 is 5.97. The van der Waals surface area contributed by atoms with Gasteiger partial charge in [-0.15, -0.1) is 0 Å². The smallest absolute Gasteiger partial charge is 0.300 e. The lowest BCUT2D eigenvalue weighted by Crippen LogP contribution is -2.29. The second-order valence-electron chi connectivity index (χ2n) is 8.18. The number of ether oxygens (including phenoxy) is 1. The third-order valence-electron chi connectivity index (χ3n) is 5.86. The van der Waals surface area contributed by atoms with E-state index in [2.05, 4.69) is 0 Å². The van der Waals surface area contributed by atoms with E-state index in [9.17, 15) is 19.8 Å². The van der Waals surface area contributed by atoms with Crippen LogP contribution in [0.4, 0.5) is 5.69 Å². The van der Waals surface area contributed by atoms with Crippen LogP contribution in [0.2, 0.25) is 5.02 Å². The number of para-hydroxylation sites is 1. The molecule has 6 nitrogen and oxygen atoms in total. The van der Waals surface area contributed by atoms with Crippen molar-refractivity contribution in [2.75, 3.05) is 4.90 Å². The number of anilines is 1. The number of halogens is 1. The highest BCUT2D eigenvalue weighted by Gasteiger charge is 2.47. The summed E-state index contributed by atoms with van der Waals surface area (Å²) in [5, 5.41) is 21.4. The summed E-state index contributed by atoms with van der Waals surface area (Å²) in [5.74, 6) is -0.641. The number of rotatable bonds is 5. The van der Waals surface area contributed by atoms with Crippen molar-refractivity contribution in [3.63, 3.8) is 0 Å². The molecule has 36 heavy (non-hydrogen) atoms. The Hall–Kier alpha value is -4.55. The topological polar surface area (TPSA) is 87.1 Å². The molecule has 4 aromatic carbocycles. The number of phenols is 1. The molecule has 0 radical (unpaired) electrons. The van der Waals surface area contributed by atoms with Crippen LogP contribution in [0, 0.1) is 0 Å². The van der Waals surface area contributed by atoms with E-state index in [1.165, 1.54) is 17.0 Å². The lowest BCUT2D eigenvalue weighted by atomic mass is 9.95. The summed E-state index contributed by atoms with van der Waals surface area (Å²) in [6.45, 7) is 0. The minimum absolute atomic E-state index is 0.0378. The maximum Gasteiger partial charge on any atom is 0.300 e. The van der Waals surface area contributed by atoms with Gasteiger partial charge in [0.15, 0.2) is 0 Å². The van der Waals surface area contributed by atoms with Crippen molar-refractivity contribution >= 4 is 34.7 Å². The van der Waals surface area contributed by atoms with Gasteiger partial charge in [0, 0.05) is 16.3 Å². The van der Waals surface area contributed by atoms with Crippen LogP contribution in [0.1, 0.15) is 17.2 Å². The van der Waals surface area contributed by atoms with E-state index in [0.29, 0.717) is 33.3 Å². The van der Waals surface area contributed by atoms with Crippen LogP contribution >= 0.6 is 11.6 Å². The highest BCUT2D eigenvalue weighted by Crippen LogP contribution is 2.43. The van der Waals surface area contributed by atoms with Crippen molar-refractivity contribution in [1.29, 1.82) is 0 Å². The fourth-order valence-corrected chi connectivity index (χ4v) is 4.26. The molecular weight excluding hydrogens is 478 g/mol. The molecule has 7 heteroatoms. The zero-order valence-corrected chi connectivity index (χ0v) is 19.6. The quantitative estimate of drug-likeness (QED) is 0.187. The molecule has 178 valence electrons. The van der Waals surface area contributed by atoms with Crippen LogP contribution < -0.4 is 9.64 Å². The number of amides is 1. The van der Waals surface area contributed by atoms with Gasteiger partial charge in [0.25, 0.3) is 11.7 Å². The zero-order valence-electron chi connectivity index (χ0n) is 18.8. The molecule has 0 spiro atoms. The molecule has 0 bridgehead atoms. The summed E-state index contributed by atoms with van der Waals surface area (Å²) in [4.78, 5) is 27.8. The Kier molecular flexibility index (Phi) is 6.19. The molecule has 0 aliphatic carbocycles. The molecule has 1 fully saturated rings. The van der Waals surface area contributed by atoms with Gasteiger partial charge in [0.1, 0.15) is 23.0 Å². The predicted molar refractivity (Wildman–Crippen MR) is 137 cm³/mol. The number of aliphatic hydroxyl groups excluding tert-OH is 1. The lowest BCUT2D eigenvalue weighted by molar-refractivity contribution is -0.132. The number of aliphatic hydroxyl groups is 1. The first-order valence-corrected chi connectivity index (χ1v) is 11.5. The number of phenolic OH excluding ortho intramolecular Hbond substituents is 1. The van der Waals surface area contributed by atoms with Crippen molar-refractivity contribution in [3.8, 4) is 17.2 Å². The molecule has 1 aliphatic rings. The first-order valence-electron chi connectivity index (χ1n) is 11.1. The highest BCUT2D eigenvalue weighted by molar-refractivity contribution is 6.51. The fourth-order valence-electron chi connectivity index (χ4n) is 4.13. The second kappa shape index (κ2) is 9.60. The normalized spacial score (nSPS) is 16.8. The first kappa shape index (κ1) is 23.2. The van der Waals surface area contributed by atoms with Crippen LogP contribution in [0.15, 0.2) is 109 Å². The van der Waals surface area contributed by atoms with Crippen LogP contribution in [0.25, 0.3) is 5.76 Å². The Labute approximate surface area is 212 Å². The number of carbonyl (C=O) groups is 2. The van der Waals surface area contributed by atoms with Gasteiger partial charge in [-0.3, -0.25) is 14.5 Å². The van der Waals surface area contributed by atoms with Gasteiger partial charge in [0.2, 0.25) is 0 Å². The van der Waals surface area contributed by atoms with Gasteiger partial charge < -0.3 is 14.9 Å². The molecule has 1 atom stereocenters. The largest absolute Gasteiger partial charge is 0.508 e. The number of hydrogen-bond acceptors (Lipinski definition) is 5. The minimum atomic E-state index is -0.915. The standard InChI is InChI=1S/C29H20ClNO5/c30-20-10-6-19(7-11-20)27(33)25-26(18-8-14-22(32)15-9-18)31(29(35)28(25)34)21-12-16-24(17-13-21)36-23-4-2-1-3-5-23/h1-17,26,32-33H/b27-25+. The molecular formula is C29H20ClNO5. The summed E-state index contributed by atoms with van der Waals surface area (Å²) < 4.78 is 5.84. The molecule has 0 saturated carbocycles. The van der Waals surface area contributed by atoms with Crippen molar-refractivity contribution in [2.24, 2.45) is 0 Å². The molecule has 1 amide bonds. The van der Waals surface area contributed by atoms with E-state index in [4.69, 9.17) is 16.3 Å². The molecule has 1 heterocycles. The number of carbonyl (C=O) groups excluding carboxylic acids is 2. The van der Waals surface area contributed by atoms with E-state index < -0.39 is 17.7 Å². The van der Waals surface area contributed by atoms with Crippen LogP contribution in [-0.2, 0) is 9.59 Å². The molecule has 4 aromatic rings. The number of Topliss-reactive ketones (excluding diaryl/α,β-unsaturated/α-hetero) is 1. The molecule has 5 rings (SSSR count). The van der Waals surface area contributed by atoms with E-state index in [1.807, 2.05) is 30.3 Å². The SMILES string of the molecule is O=C1C(=O)N(c2ccc(Oc3ccccc3)cc2)C(c2ccc(O)cc2)/C1=C(\O)c1ccc(Cl)cc1. The highest BCUT2D eigenvalue weighted by atomic mass is 35.5. The number of ketones is 1. The average Bonchev–Trinajstić information content (AvgIpc) is 3.16. The van der Waals surface area contributed by atoms with Gasteiger partial charge in [0.05, 0.1) is 11.6 Å². The van der Waals surface area contributed by atoms with E-state index in [-0.39, 0.29) is 17.1 Å². The van der Waals surface area contributed by atoms with Gasteiger partial charge in [-0.25, -0.2) is 0 Å². The minimum Gasteiger partial charge on any atom is -0.508 e. The van der Waals surface area contributed by atoms with E-state index in [0.717, 1.165) is 0 Å². The van der Waals surface area contributed by atoms with Crippen LogP contribution in [0.3, 0.4) is 0 Å². The third-order valence-corrected chi connectivity index (χ3v) is 6.12. The Balaban J connectivity index is 1.58. The van der Waals surface area contributed by atoms with Crippen molar-refractivity contribution in [3.05, 3.63) is 125 Å². The van der Waals surface area contributed by atoms with Crippen molar-refractivity contribution in [2.45, 2.75) is 6.04 Å². The Bertz CT molecular complexity index is 1450. The zero-order chi connectivity index (χ0) is 25.2. The van der Waals surface area contributed by atoms with Gasteiger partial charge in [-0.2, -0.15) is 0 Å². The Morgan fingerprint density at radius 2 is 1.39 bits per heavy atom. The molecule has 2 N–H and O–H groups in total. The number of aromatic hydroxyl groups is 1. The maximum atomic E-state index is 13.3. The maximum absolute atomic E-state index is 13.3. The average molecular weight is 498 g/mol. The molecule has 1 saturated heterocycles. The monoisotopic (exact) mass is 497 g/mol. The van der Waals surface area contributed by atoms with Gasteiger partial charge in [-0.1, -0.05) is 41.9 Å². The Morgan fingerprint density at radius 3 is 2.03 bits per heavy atom. The number of nitrogens with zero attached hydrogens (tertiary/aromatic N) is 1. The molecule has 1 unspecified atom stereocenters. The summed E-state index contributed by atoms with van der Waals surface area (Å²) in [7, 11) is 0. The fraction of sp³-hybridized carbons (Fsp3) is 0.0345. The Morgan fingerprint density at radius 1 is 0.778 bits per heavy atom. The number of benzene rings is 4. The first-order chi connectivity index (χ1) is 17.4. The lowest BCUT2D eigenvalue weighted by Gasteiger charge is -2.25. The van der Waals surface area contributed by atoms with E-state index in [1.54, 1.807) is 60.7 Å².